The lowest BCUT2D eigenvalue weighted by Gasteiger charge is -2.07. The van der Waals surface area contributed by atoms with Crippen molar-refractivity contribution in [3.05, 3.63) is 39.8 Å². The van der Waals surface area contributed by atoms with Gasteiger partial charge in [-0.1, -0.05) is 0 Å². The van der Waals surface area contributed by atoms with E-state index in [1.807, 2.05) is 0 Å². The number of fused-ring (bicyclic) bond motifs is 3. The molecule has 1 aliphatic heterocycles. The number of aromatic amines is 1. The maximum absolute atomic E-state index is 11.8. The van der Waals surface area contributed by atoms with E-state index in [-0.39, 0.29) is 5.56 Å². The number of hydrogen-bond acceptors (Lipinski definition) is 3. The topological polar surface area (TPSA) is 85.2 Å². The molecule has 0 spiro atoms. The van der Waals surface area contributed by atoms with E-state index in [1.165, 1.54) is 0 Å². The molecule has 2 heterocycles. The molecule has 0 fully saturated rings. The van der Waals surface area contributed by atoms with Gasteiger partial charge < -0.3 is 15.5 Å². The van der Waals surface area contributed by atoms with Gasteiger partial charge in [0.1, 0.15) is 5.75 Å². The van der Waals surface area contributed by atoms with Crippen molar-refractivity contribution in [2.75, 3.05) is 6.61 Å². The van der Waals surface area contributed by atoms with Crippen LogP contribution in [0.4, 0.5) is 0 Å². The number of nitrogens with one attached hydrogen (secondary N) is 1. The summed E-state index contributed by atoms with van der Waals surface area (Å²) in [6, 6.07) is 3.36. The number of amides is 1. The maximum Gasteiger partial charge on any atom is 0.256 e. The predicted octanol–water partition coefficient (Wildman–Crippen LogP) is 0.562. The first-order chi connectivity index (χ1) is 8.18. The third-order valence-electron chi connectivity index (χ3n) is 2.98. The molecule has 0 atom stereocenters. The van der Waals surface area contributed by atoms with Crippen LogP contribution in [0.1, 0.15) is 15.9 Å². The Hall–Kier alpha value is -2.30. The van der Waals surface area contributed by atoms with E-state index < -0.39 is 5.91 Å². The van der Waals surface area contributed by atoms with E-state index in [0.29, 0.717) is 35.1 Å². The molecule has 0 radical (unpaired) electrons. The first kappa shape index (κ1) is 9.89. The molecular formula is C12H10N2O3. The number of carbonyl (C=O) groups excluding carboxylic acids is 1. The highest BCUT2D eigenvalue weighted by molar-refractivity contribution is 6.02. The van der Waals surface area contributed by atoms with Gasteiger partial charge >= 0.3 is 0 Å². The molecule has 0 unspecified atom stereocenters. The van der Waals surface area contributed by atoms with Crippen LogP contribution in [0.3, 0.4) is 0 Å². The van der Waals surface area contributed by atoms with Crippen molar-refractivity contribution in [3.8, 4) is 5.75 Å². The summed E-state index contributed by atoms with van der Waals surface area (Å²) in [5.41, 5.74) is 6.26. The number of carbonyl (C=O) groups is 1. The second-order valence-electron chi connectivity index (χ2n) is 3.97. The Kier molecular flexibility index (Phi) is 1.95. The van der Waals surface area contributed by atoms with Crippen molar-refractivity contribution in [1.29, 1.82) is 0 Å². The molecule has 5 heteroatoms. The van der Waals surface area contributed by atoms with Crippen molar-refractivity contribution in [1.82, 2.24) is 4.98 Å². The molecule has 3 rings (SSSR count). The predicted molar refractivity (Wildman–Crippen MR) is 62.3 cm³/mol. The Morgan fingerprint density at radius 3 is 3.06 bits per heavy atom. The molecule has 0 saturated carbocycles. The van der Waals surface area contributed by atoms with Crippen LogP contribution in [0.25, 0.3) is 10.8 Å². The van der Waals surface area contributed by atoms with E-state index in [4.69, 9.17) is 10.5 Å². The molecule has 1 amide bonds. The van der Waals surface area contributed by atoms with Gasteiger partial charge in [-0.05, 0) is 17.5 Å². The normalized spacial score (nSPS) is 13.4. The average Bonchev–Trinajstić information content (AvgIpc) is 2.76. The first-order valence-electron chi connectivity index (χ1n) is 5.28. The van der Waals surface area contributed by atoms with Crippen LogP contribution in [-0.2, 0) is 6.42 Å². The van der Waals surface area contributed by atoms with Crippen LogP contribution in [0.2, 0.25) is 0 Å². The number of H-pyrrole nitrogens is 1. The number of pyridine rings is 1. The molecule has 1 aromatic carbocycles. The van der Waals surface area contributed by atoms with Crippen LogP contribution in [0, 0.1) is 0 Å². The molecule has 0 aliphatic carbocycles. The molecule has 86 valence electrons. The number of nitrogens with two attached hydrogens (primary N) is 1. The van der Waals surface area contributed by atoms with Gasteiger partial charge in [0.15, 0.2) is 0 Å². The Morgan fingerprint density at radius 1 is 1.47 bits per heavy atom. The molecule has 17 heavy (non-hydrogen) atoms. The lowest BCUT2D eigenvalue weighted by molar-refractivity contribution is 0.0997. The standard InChI is InChI=1S/C12H10N2O3/c13-11(15)8-5-6-1-3-14-12(16)9(6)7-2-4-17-10(7)8/h1,3,5H,2,4H2,(H2,13,15)(H,14,16). The van der Waals surface area contributed by atoms with Gasteiger partial charge in [-0.3, -0.25) is 9.59 Å². The average molecular weight is 230 g/mol. The third-order valence-corrected chi connectivity index (χ3v) is 2.98. The Labute approximate surface area is 96.2 Å². The lowest BCUT2D eigenvalue weighted by atomic mass is 10.00. The minimum Gasteiger partial charge on any atom is -0.492 e. The smallest absolute Gasteiger partial charge is 0.256 e. The van der Waals surface area contributed by atoms with Gasteiger partial charge in [-0.2, -0.15) is 0 Å². The molecule has 2 aromatic rings. The SMILES string of the molecule is NC(=O)c1cc2cc[nH]c(=O)c2c2c1OCC2. The third kappa shape index (κ3) is 1.32. The van der Waals surface area contributed by atoms with Gasteiger partial charge in [0.2, 0.25) is 0 Å². The van der Waals surface area contributed by atoms with Crippen LogP contribution >= 0.6 is 0 Å². The molecule has 1 aromatic heterocycles. The fourth-order valence-electron chi connectivity index (χ4n) is 2.26. The summed E-state index contributed by atoms with van der Waals surface area (Å²) in [7, 11) is 0. The second kappa shape index (κ2) is 3.35. The molecule has 0 saturated heterocycles. The van der Waals surface area contributed by atoms with Gasteiger partial charge in [0.05, 0.1) is 17.6 Å². The van der Waals surface area contributed by atoms with E-state index in [1.54, 1.807) is 18.3 Å². The minimum atomic E-state index is -0.537. The number of hydrogen-bond donors (Lipinski definition) is 2. The van der Waals surface area contributed by atoms with Crippen molar-refractivity contribution in [2.24, 2.45) is 5.73 Å². The number of primary amides is 1. The van der Waals surface area contributed by atoms with Crippen LogP contribution < -0.4 is 16.0 Å². The van der Waals surface area contributed by atoms with Crippen LogP contribution in [0.15, 0.2) is 23.1 Å². The Morgan fingerprint density at radius 2 is 2.29 bits per heavy atom. The highest BCUT2D eigenvalue weighted by Crippen LogP contribution is 2.34. The highest BCUT2D eigenvalue weighted by atomic mass is 16.5. The quantitative estimate of drug-likeness (QED) is 0.750. The van der Waals surface area contributed by atoms with E-state index in [9.17, 15) is 9.59 Å². The van der Waals surface area contributed by atoms with Gasteiger partial charge in [-0.15, -0.1) is 0 Å². The van der Waals surface area contributed by atoms with Crippen molar-refractivity contribution in [3.63, 3.8) is 0 Å². The highest BCUT2D eigenvalue weighted by Gasteiger charge is 2.23. The zero-order valence-electron chi connectivity index (χ0n) is 8.95. The van der Waals surface area contributed by atoms with Crippen molar-refractivity contribution < 1.29 is 9.53 Å². The van der Waals surface area contributed by atoms with E-state index in [2.05, 4.69) is 4.98 Å². The summed E-state index contributed by atoms with van der Waals surface area (Å²) in [6.07, 6.45) is 2.18. The van der Waals surface area contributed by atoms with Gasteiger partial charge in [0.25, 0.3) is 11.5 Å². The van der Waals surface area contributed by atoms with Crippen molar-refractivity contribution in [2.45, 2.75) is 6.42 Å². The number of ether oxygens (including phenoxy) is 1. The van der Waals surface area contributed by atoms with Gasteiger partial charge in [-0.25, -0.2) is 0 Å². The van der Waals surface area contributed by atoms with Crippen LogP contribution in [0.5, 0.6) is 5.75 Å². The maximum atomic E-state index is 11.8. The lowest BCUT2D eigenvalue weighted by Crippen LogP contribution is -2.14. The summed E-state index contributed by atoms with van der Waals surface area (Å²) in [4.78, 5) is 25.8. The Balaban J connectivity index is 2.50. The zero-order valence-corrected chi connectivity index (χ0v) is 8.95. The summed E-state index contributed by atoms with van der Waals surface area (Å²) >= 11 is 0. The van der Waals surface area contributed by atoms with E-state index >= 15 is 0 Å². The zero-order chi connectivity index (χ0) is 12.0. The van der Waals surface area contributed by atoms with Gasteiger partial charge in [0, 0.05) is 18.2 Å². The number of aromatic nitrogens is 1. The summed E-state index contributed by atoms with van der Waals surface area (Å²) in [5, 5.41) is 1.30. The fourth-order valence-corrected chi connectivity index (χ4v) is 2.26. The number of benzene rings is 1. The molecule has 1 aliphatic rings. The number of rotatable bonds is 1. The second-order valence-corrected chi connectivity index (χ2v) is 3.97. The van der Waals surface area contributed by atoms with E-state index in [0.717, 1.165) is 5.56 Å². The molecule has 5 nitrogen and oxygen atoms in total. The van der Waals surface area contributed by atoms with Crippen molar-refractivity contribution >= 4 is 16.7 Å². The Bertz CT molecular complexity index is 688. The molecular weight excluding hydrogens is 220 g/mol. The molecule has 0 bridgehead atoms. The first-order valence-corrected chi connectivity index (χ1v) is 5.28. The summed E-state index contributed by atoms with van der Waals surface area (Å²) in [6.45, 7) is 0.475. The summed E-state index contributed by atoms with van der Waals surface area (Å²) < 4.78 is 5.40. The largest absolute Gasteiger partial charge is 0.492 e. The molecule has 3 N–H and O–H groups in total. The summed E-state index contributed by atoms with van der Waals surface area (Å²) in [5.74, 6) is -0.0768. The van der Waals surface area contributed by atoms with Crippen LogP contribution in [-0.4, -0.2) is 17.5 Å². The monoisotopic (exact) mass is 230 g/mol. The minimum absolute atomic E-state index is 0.166. The fraction of sp³-hybridized carbons (Fsp3) is 0.167.